The Bertz CT molecular complexity index is 1230. The Hall–Kier alpha value is -1.97. The molecular weight excluding hydrogens is 649 g/mol. The molecule has 5 rings (SSSR count). The van der Waals surface area contributed by atoms with Crippen LogP contribution in [0.1, 0.15) is 19.3 Å². The van der Waals surface area contributed by atoms with E-state index >= 15 is 0 Å². The minimum atomic E-state index is -3.92. The second-order valence-electron chi connectivity index (χ2n) is 10.6. The molecule has 2 aromatic carbocycles. The van der Waals surface area contributed by atoms with Gasteiger partial charge in [-0.15, -0.1) is 0 Å². The Balaban J connectivity index is 1.32. The molecule has 0 aromatic heterocycles. The topological polar surface area (TPSA) is 118 Å². The number of rotatable bonds is 11. The van der Waals surface area contributed by atoms with E-state index in [0.717, 1.165) is 23.0 Å². The van der Waals surface area contributed by atoms with Gasteiger partial charge in [0.25, 0.3) is 0 Å². The van der Waals surface area contributed by atoms with Crippen LogP contribution < -0.4 is 31.3 Å². The Kier molecular flexibility index (Phi) is 9.52. The maximum absolute atomic E-state index is 13.8. The number of aliphatic hydroxyl groups is 1. The molecule has 0 spiro atoms. The van der Waals surface area contributed by atoms with Crippen molar-refractivity contribution in [2.75, 3.05) is 40.4 Å². The molecule has 2 heterocycles. The first-order valence-corrected chi connectivity index (χ1v) is 17.3. The van der Waals surface area contributed by atoms with Crippen LogP contribution in [0.5, 0.6) is 5.75 Å². The third-order valence-corrected chi connectivity index (χ3v) is 12.9. The van der Waals surface area contributed by atoms with Gasteiger partial charge in [0.1, 0.15) is 0 Å². The Morgan fingerprint density at radius 1 is 1.18 bits per heavy atom. The number of hydrogen-bond donors (Lipinski definition) is 2. The zero-order valence-corrected chi connectivity index (χ0v) is 25.7. The summed E-state index contributed by atoms with van der Waals surface area (Å²) >= 11 is -0.923. The van der Waals surface area contributed by atoms with Crippen LogP contribution in [0.3, 0.4) is 0 Å². The van der Waals surface area contributed by atoms with Crippen molar-refractivity contribution in [3.05, 3.63) is 58.2 Å². The van der Waals surface area contributed by atoms with Crippen LogP contribution in [0, 0.1) is 9.49 Å². The van der Waals surface area contributed by atoms with Crippen molar-refractivity contribution in [1.82, 2.24) is 14.5 Å². The average molecular weight is 687 g/mol. The molecule has 220 valence electrons. The molecule has 2 saturated heterocycles. The number of likely N-dealkylation sites (tertiary alicyclic amines) is 1. The fourth-order valence-corrected chi connectivity index (χ4v) is 9.86. The number of fused-ring (bicyclic) bond motifs is 1. The second-order valence-corrected chi connectivity index (χ2v) is 15.7. The molecule has 1 aliphatic carbocycles. The molecule has 2 N–H and O–H groups in total. The van der Waals surface area contributed by atoms with Gasteiger partial charge in [-0.3, -0.25) is 0 Å². The number of carbonyl (C=O) groups excluding carboxylic acids is 1. The van der Waals surface area contributed by atoms with E-state index in [1.165, 1.54) is 23.5 Å². The molecule has 12 heteroatoms. The predicted octanol–water partition coefficient (Wildman–Crippen LogP) is -1.06. The van der Waals surface area contributed by atoms with E-state index in [-0.39, 0.29) is 29.7 Å². The van der Waals surface area contributed by atoms with E-state index in [9.17, 15) is 18.3 Å². The normalized spacial score (nSPS) is 24.9. The number of sulfonamides is 1. The van der Waals surface area contributed by atoms with Crippen LogP contribution >= 0.6 is 0 Å². The van der Waals surface area contributed by atoms with Crippen LogP contribution in [0.4, 0.5) is 4.79 Å². The molecule has 0 radical (unpaired) electrons. The molecule has 40 heavy (non-hydrogen) atoms. The monoisotopic (exact) mass is 686 g/mol. The van der Waals surface area contributed by atoms with Crippen LogP contribution in [0.25, 0.3) is 0 Å². The number of ether oxygens (including phenoxy) is 3. The quantitative estimate of drug-likeness (QED) is 0.175. The summed E-state index contributed by atoms with van der Waals surface area (Å²) in [5.41, 5.74) is 0. The summed E-state index contributed by atoms with van der Waals surface area (Å²) in [7, 11) is -0.472. The number of aliphatic hydroxyl groups excluding tert-OH is 1. The van der Waals surface area contributed by atoms with Gasteiger partial charge in [0.2, 0.25) is 0 Å². The van der Waals surface area contributed by atoms with Crippen molar-refractivity contribution < 1.29 is 53.7 Å². The fraction of sp³-hybridized carbons (Fsp3) is 0.536. The van der Waals surface area contributed by atoms with Gasteiger partial charge in [-0.25, -0.2) is 0 Å². The minimum absolute atomic E-state index is 0.130. The molecule has 0 bridgehead atoms. The molecule has 1 saturated carbocycles. The fourth-order valence-electron chi connectivity index (χ4n) is 5.58. The van der Waals surface area contributed by atoms with Gasteiger partial charge in [0, 0.05) is 0 Å². The summed E-state index contributed by atoms with van der Waals surface area (Å²) in [6.07, 6.45) is 0.656. The van der Waals surface area contributed by atoms with Crippen molar-refractivity contribution in [2.45, 2.75) is 52.6 Å². The zero-order chi connectivity index (χ0) is 28.3. The number of likely N-dealkylation sites (N-methyl/N-ethyl adjacent to an activating group) is 1. The van der Waals surface area contributed by atoms with E-state index < -0.39 is 47.5 Å². The number of alkyl halides is 1. The van der Waals surface area contributed by atoms with Gasteiger partial charge in [-0.2, -0.15) is 0 Å². The van der Waals surface area contributed by atoms with E-state index in [0.29, 0.717) is 31.2 Å². The molecule has 10 nitrogen and oxygen atoms in total. The first kappa shape index (κ1) is 29.5. The Morgan fingerprint density at radius 2 is 1.90 bits per heavy atom. The summed E-state index contributed by atoms with van der Waals surface area (Å²) in [5, 5.41) is 14.4. The number of benzene rings is 2. The van der Waals surface area contributed by atoms with Gasteiger partial charge in [-0.1, -0.05) is 0 Å². The number of amides is 1. The number of alkyl carbamates (subject to hydrolysis) is 1. The Labute approximate surface area is 246 Å². The van der Waals surface area contributed by atoms with Gasteiger partial charge in [-0.05, 0) is 0 Å². The number of methoxy groups -OCH3 is 1. The number of carbonyl (C=O) groups is 1. The summed E-state index contributed by atoms with van der Waals surface area (Å²) in [4.78, 5) is 15.2. The molecule has 5 atom stereocenters. The first-order valence-electron chi connectivity index (χ1n) is 13.5. The summed E-state index contributed by atoms with van der Waals surface area (Å²) in [6, 6.07) is 15.6. The van der Waals surface area contributed by atoms with Gasteiger partial charge < -0.3 is 0 Å². The molecule has 2 aliphatic heterocycles. The third kappa shape index (κ3) is 6.90. The van der Waals surface area contributed by atoms with Gasteiger partial charge >= 0.3 is 247 Å². The van der Waals surface area contributed by atoms with E-state index in [1.54, 1.807) is 12.1 Å². The summed E-state index contributed by atoms with van der Waals surface area (Å²) in [6.45, 7) is 1.73. The van der Waals surface area contributed by atoms with Crippen molar-refractivity contribution in [3.63, 3.8) is 0 Å². The zero-order valence-electron chi connectivity index (χ0n) is 22.7. The second kappa shape index (κ2) is 12.9. The summed E-state index contributed by atoms with van der Waals surface area (Å²) in [5.74, 6) is 0.981. The van der Waals surface area contributed by atoms with Crippen LogP contribution in [-0.4, -0.2) is 97.6 Å². The molecule has 2 aromatic rings. The van der Waals surface area contributed by atoms with Crippen LogP contribution in [0.15, 0.2) is 59.5 Å². The van der Waals surface area contributed by atoms with E-state index in [2.05, 4.69) is 5.32 Å². The van der Waals surface area contributed by atoms with Gasteiger partial charge in [0.15, 0.2) is 0 Å². The molecule has 3 aliphatic rings. The molecule has 3 fully saturated rings. The SMILES string of the molecule is COc1ccc(S(=O)(=O)N(C[C@@H](O)[C@@H](NC(=O)O[C@H]2C[C@H]3CCO[C@H]3C2)[I-]c2ccccc2)C2CN(C)C2)cc1. The third-order valence-electron chi connectivity index (χ3n) is 7.74. The van der Waals surface area contributed by atoms with Crippen molar-refractivity contribution >= 4 is 16.1 Å². The van der Waals surface area contributed by atoms with E-state index in [4.69, 9.17) is 14.2 Å². The number of halogens is 1. The number of nitrogens with zero attached hydrogens (tertiary/aromatic N) is 2. The maximum atomic E-state index is 13.8. The number of hydrogen-bond acceptors (Lipinski definition) is 8. The van der Waals surface area contributed by atoms with Crippen LogP contribution in [-0.2, 0) is 19.5 Å². The predicted molar refractivity (Wildman–Crippen MR) is 144 cm³/mol. The molecule has 0 unspecified atom stereocenters. The van der Waals surface area contributed by atoms with Crippen molar-refractivity contribution in [3.8, 4) is 5.75 Å². The first-order chi connectivity index (χ1) is 19.2. The molecule has 1 amide bonds. The van der Waals surface area contributed by atoms with Crippen molar-refractivity contribution in [2.24, 2.45) is 5.92 Å². The van der Waals surface area contributed by atoms with Gasteiger partial charge in [0.05, 0.1) is 0 Å². The van der Waals surface area contributed by atoms with E-state index in [1.807, 2.05) is 42.3 Å². The van der Waals surface area contributed by atoms with Crippen molar-refractivity contribution in [1.29, 1.82) is 0 Å². The number of nitrogens with one attached hydrogen (secondary N) is 1. The Morgan fingerprint density at radius 3 is 2.55 bits per heavy atom. The van der Waals surface area contributed by atoms with Crippen LogP contribution in [0.2, 0.25) is 0 Å². The summed E-state index contributed by atoms with van der Waals surface area (Å²) < 4.78 is 46.0. The molecular formula is C28H37IN3O7S-. The average Bonchev–Trinajstić information content (AvgIpc) is 3.52. The standard InChI is InChI=1S/C28H37IN3O7S/c1-31-16-21(17-31)32(40(35,36)24-10-8-22(37-2)9-11-24)18-25(33)27(29-20-6-4-3-5-7-20)30-28(34)39-23-14-19-12-13-38-26(19)15-23/h3-11,19,21,23,25-27,33H,12-18H2,1-2H3,(H,30,34)/q-1/t19-,23+,25-,26+,27-/m1/s1.